The smallest absolute Gasteiger partial charge is 0.342 e. The molecule has 29 heavy (non-hydrogen) atoms. The van der Waals surface area contributed by atoms with Gasteiger partial charge in [0.1, 0.15) is 11.3 Å². The van der Waals surface area contributed by atoms with Crippen molar-refractivity contribution < 1.29 is 23.9 Å². The molecule has 0 aliphatic carbocycles. The van der Waals surface area contributed by atoms with Gasteiger partial charge in [-0.15, -0.1) is 0 Å². The summed E-state index contributed by atoms with van der Waals surface area (Å²) < 4.78 is 10.5. The number of para-hydroxylation sites is 2. The monoisotopic (exact) mass is 398 g/mol. The molecule has 0 saturated heterocycles. The normalized spacial score (nSPS) is 10.2. The predicted molar refractivity (Wildman–Crippen MR) is 110 cm³/mol. The van der Waals surface area contributed by atoms with E-state index in [2.05, 4.69) is 5.32 Å². The maximum atomic E-state index is 12.2. The standard InChI is InChI=1S/C22H26N2O5/c1-4-16-10-6-8-12-18(16)23-20(25)14-24(3)21(26)15-29-22(27)17-11-7-9-13-19(17)28-5-2/h6-13H,4-5,14-15H2,1-3H3,(H,23,25). The first-order valence-corrected chi connectivity index (χ1v) is 9.46. The van der Waals surface area contributed by atoms with Gasteiger partial charge in [-0.3, -0.25) is 9.59 Å². The minimum Gasteiger partial charge on any atom is -0.493 e. The zero-order valence-corrected chi connectivity index (χ0v) is 16.9. The Kier molecular flexibility index (Phi) is 8.21. The van der Waals surface area contributed by atoms with E-state index < -0.39 is 18.5 Å². The number of carbonyl (C=O) groups excluding carboxylic acids is 3. The van der Waals surface area contributed by atoms with Crippen LogP contribution < -0.4 is 10.1 Å². The van der Waals surface area contributed by atoms with Crippen molar-refractivity contribution in [2.75, 3.05) is 32.1 Å². The third-order valence-electron chi connectivity index (χ3n) is 4.21. The molecule has 2 rings (SSSR count). The van der Waals surface area contributed by atoms with Crippen LogP contribution in [0, 0.1) is 0 Å². The molecular formula is C22H26N2O5. The van der Waals surface area contributed by atoms with Crippen LogP contribution in [0.4, 0.5) is 5.69 Å². The first kappa shape index (κ1) is 21.9. The van der Waals surface area contributed by atoms with E-state index in [1.165, 1.54) is 11.9 Å². The number of hydrogen-bond donors (Lipinski definition) is 1. The third-order valence-corrected chi connectivity index (χ3v) is 4.21. The second-order valence-corrected chi connectivity index (χ2v) is 6.31. The zero-order chi connectivity index (χ0) is 21.2. The van der Waals surface area contributed by atoms with E-state index in [0.29, 0.717) is 12.4 Å². The van der Waals surface area contributed by atoms with Crippen LogP contribution >= 0.6 is 0 Å². The fourth-order valence-electron chi connectivity index (χ4n) is 2.68. The molecule has 0 bridgehead atoms. The molecule has 0 aliphatic rings. The van der Waals surface area contributed by atoms with Crippen LogP contribution in [0.15, 0.2) is 48.5 Å². The van der Waals surface area contributed by atoms with Gasteiger partial charge in [-0.05, 0) is 37.1 Å². The Labute approximate surface area is 170 Å². The number of ether oxygens (including phenoxy) is 2. The summed E-state index contributed by atoms with van der Waals surface area (Å²) in [5.74, 6) is -1.06. The molecule has 7 nitrogen and oxygen atoms in total. The number of rotatable bonds is 9. The van der Waals surface area contributed by atoms with Crippen LogP contribution in [0.1, 0.15) is 29.8 Å². The van der Waals surface area contributed by atoms with Crippen LogP contribution in [-0.4, -0.2) is 49.5 Å². The first-order valence-electron chi connectivity index (χ1n) is 9.46. The van der Waals surface area contributed by atoms with Crippen molar-refractivity contribution in [1.29, 1.82) is 0 Å². The minimum atomic E-state index is -0.655. The van der Waals surface area contributed by atoms with E-state index in [0.717, 1.165) is 17.7 Å². The van der Waals surface area contributed by atoms with E-state index >= 15 is 0 Å². The molecule has 2 aromatic carbocycles. The second-order valence-electron chi connectivity index (χ2n) is 6.31. The summed E-state index contributed by atoms with van der Waals surface area (Å²) in [4.78, 5) is 37.9. The highest BCUT2D eigenvalue weighted by Crippen LogP contribution is 2.19. The fourth-order valence-corrected chi connectivity index (χ4v) is 2.68. The van der Waals surface area contributed by atoms with Crippen LogP contribution in [0.5, 0.6) is 5.75 Å². The number of aryl methyl sites for hydroxylation is 1. The Hall–Kier alpha value is -3.35. The van der Waals surface area contributed by atoms with Gasteiger partial charge in [0.15, 0.2) is 6.61 Å². The quantitative estimate of drug-likeness (QED) is 0.657. The number of benzene rings is 2. The zero-order valence-electron chi connectivity index (χ0n) is 16.9. The summed E-state index contributed by atoms with van der Waals surface area (Å²) in [6, 6.07) is 14.2. The number of hydrogen-bond acceptors (Lipinski definition) is 5. The topological polar surface area (TPSA) is 84.9 Å². The second kappa shape index (κ2) is 10.8. The summed E-state index contributed by atoms with van der Waals surface area (Å²) >= 11 is 0. The molecule has 0 heterocycles. The number of likely N-dealkylation sites (N-methyl/N-ethyl adjacent to an activating group) is 1. The molecule has 2 amide bonds. The molecule has 0 saturated carbocycles. The summed E-state index contributed by atoms with van der Waals surface area (Å²) in [5.41, 5.74) is 1.98. The molecule has 0 fully saturated rings. The van der Waals surface area contributed by atoms with E-state index in [-0.39, 0.29) is 18.0 Å². The van der Waals surface area contributed by atoms with Crippen molar-refractivity contribution in [3.05, 3.63) is 59.7 Å². The molecule has 0 spiro atoms. The summed E-state index contributed by atoms with van der Waals surface area (Å²) in [6.45, 7) is 3.60. The molecule has 0 aliphatic heterocycles. The Balaban J connectivity index is 1.87. The lowest BCUT2D eigenvalue weighted by molar-refractivity contribution is -0.136. The predicted octanol–water partition coefficient (Wildman–Crippen LogP) is 2.90. The minimum absolute atomic E-state index is 0.149. The van der Waals surface area contributed by atoms with Crippen molar-refractivity contribution >= 4 is 23.5 Å². The van der Waals surface area contributed by atoms with E-state index in [1.54, 1.807) is 24.3 Å². The molecule has 0 atom stereocenters. The van der Waals surface area contributed by atoms with Gasteiger partial charge in [-0.2, -0.15) is 0 Å². The van der Waals surface area contributed by atoms with Gasteiger partial charge in [0.25, 0.3) is 5.91 Å². The lowest BCUT2D eigenvalue weighted by Crippen LogP contribution is -2.37. The van der Waals surface area contributed by atoms with Crippen LogP contribution in [0.3, 0.4) is 0 Å². The summed E-state index contributed by atoms with van der Waals surface area (Å²) in [5, 5.41) is 2.80. The number of esters is 1. The molecule has 2 aromatic rings. The van der Waals surface area contributed by atoms with Crippen LogP contribution in [0.25, 0.3) is 0 Å². The molecule has 154 valence electrons. The lowest BCUT2D eigenvalue weighted by atomic mass is 10.1. The fraction of sp³-hybridized carbons (Fsp3) is 0.318. The van der Waals surface area contributed by atoms with Gasteiger partial charge < -0.3 is 19.7 Å². The van der Waals surface area contributed by atoms with Gasteiger partial charge in [0.05, 0.1) is 13.2 Å². The summed E-state index contributed by atoms with van der Waals surface area (Å²) in [7, 11) is 1.48. The highest BCUT2D eigenvalue weighted by Gasteiger charge is 2.18. The van der Waals surface area contributed by atoms with Crippen molar-refractivity contribution in [1.82, 2.24) is 4.90 Å². The van der Waals surface area contributed by atoms with Gasteiger partial charge >= 0.3 is 5.97 Å². The number of anilines is 1. The Bertz CT molecular complexity index is 866. The Morgan fingerprint density at radius 3 is 2.41 bits per heavy atom. The average Bonchev–Trinajstić information content (AvgIpc) is 2.72. The summed E-state index contributed by atoms with van der Waals surface area (Å²) in [6.07, 6.45) is 0.782. The third kappa shape index (κ3) is 6.34. The Morgan fingerprint density at radius 2 is 1.69 bits per heavy atom. The van der Waals surface area contributed by atoms with Gasteiger partial charge in [-0.25, -0.2) is 4.79 Å². The van der Waals surface area contributed by atoms with Gasteiger partial charge in [0, 0.05) is 12.7 Å². The highest BCUT2D eigenvalue weighted by atomic mass is 16.5. The maximum Gasteiger partial charge on any atom is 0.342 e. The first-order chi connectivity index (χ1) is 14.0. The SMILES string of the molecule is CCOc1ccccc1C(=O)OCC(=O)N(C)CC(=O)Nc1ccccc1CC. The lowest BCUT2D eigenvalue weighted by Gasteiger charge is -2.18. The molecule has 0 radical (unpaired) electrons. The van der Waals surface area contributed by atoms with Crippen LogP contribution in [0.2, 0.25) is 0 Å². The molecule has 0 aromatic heterocycles. The van der Waals surface area contributed by atoms with Gasteiger partial charge in [-0.1, -0.05) is 37.3 Å². The highest BCUT2D eigenvalue weighted by molar-refractivity contribution is 5.96. The molecule has 7 heteroatoms. The maximum absolute atomic E-state index is 12.2. The van der Waals surface area contributed by atoms with E-state index in [9.17, 15) is 14.4 Å². The largest absolute Gasteiger partial charge is 0.493 e. The molecule has 0 unspecified atom stereocenters. The van der Waals surface area contributed by atoms with Crippen molar-refractivity contribution in [3.8, 4) is 5.75 Å². The van der Waals surface area contributed by atoms with Crippen molar-refractivity contribution in [3.63, 3.8) is 0 Å². The van der Waals surface area contributed by atoms with Gasteiger partial charge in [0.2, 0.25) is 5.91 Å². The van der Waals surface area contributed by atoms with E-state index in [4.69, 9.17) is 9.47 Å². The van der Waals surface area contributed by atoms with E-state index in [1.807, 2.05) is 38.1 Å². The number of nitrogens with one attached hydrogen (secondary N) is 1. The molecule has 1 N–H and O–H groups in total. The number of amides is 2. The van der Waals surface area contributed by atoms with Crippen molar-refractivity contribution in [2.24, 2.45) is 0 Å². The number of nitrogens with zero attached hydrogens (tertiary/aromatic N) is 1. The molecular weight excluding hydrogens is 372 g/mol. The van der Waals surface area contributed by atoms with Crippen LogP contribution in [-0.2, 0) is 20.7 Å². The van der Waals surface area contributed by atoms with Crippen molar-refractivity contribution in [2.45, 2.75) is 20.3 Å². The average molecular weight is 398 g/mol. The number of carbonyl (C=O) groups is 3. The Morgan fingerprint density at radius 1 is 1.00 bits per heavy atom.